The summed E-state index contributed by atoms with van der Waals surface area (Å²) in [4.78, 5) is 38.6. The van der Waals surface area contributed by atoms with Gasteiger partial charge in [0.2, 0.25) is 11.8 Å². The normalized spacial score (nSPS) is 20.1. The van der Waals surface area contributed by atoms with E-state index < -0.39 is 6.09 Å². The largest absolute Gasteiger partial charge is 0.448 e. The SMILES string of the molecule is O=C(CN1CCOC1=O)N[C@H]1CC(=O)N(CCc2cccc(Cl)c2)C1. The molecule has 0 unspecified atom stereocenters. The van der Waals surface area contributed by atoms with Crippen LogP contribution >= 0.6 is 11.6 Å². The van der Waals surface area contributed by atoms with Gasteiger partial charge in [-0.15, -0.1) is 0 Å². The minimum absolute atomic E-state index is 0.0212. The number of carbonyl (C=O) groups is 3. The van der Waals surface area contributed by atoms with Crippen LogP contribution in [0, 0.1) is 0 Å². The second-order valence-corrected chi connectivity index (χ2v) is 6.66. The minimum atomic E-state index is -0.471. The highest BCUT2D eigenvalue weighted by Crippen LogP contribution is 2.15. The van der Waals surface area contributed by atoms with Gasteiger partial charge in [0.1, 0.15) is 13.2 Å². The van der Waals surface area contributed by atoms with Crippen LogP contribution in [-0.2, 0) is 20.7 Å². The lowest BCUT2D eigenvalue weighted by Gasteiger charge is -2.18. The zero-order valence-corrected chi connectivity index (χ0v) is 14.5. The van der Waals surface area contributed by atoms with E-state index in [2.05, 4.69) is 5.32 Å². The summed E-state index contributed by atoms with van der Waals surface area (Å²) in [5.74, 6) is -0.249. The fourth-order valence-electron chi connectivity index (χ4n) is 3.06. The molecule has 0 aliphatic carbocycles. The molecule has 1 aromatic rings. The van der Waals surface area contributed by atoms with E-state index >= 15 is 0 Å². The zero-order chi connectivity index (χ0) is 17.8. The molecule has 2 fully saturated rings. The number of cyclic esters (lactones) is 1. The van der Waals surface area contributed by atoms with Gasteiger partial charge in [-0.1, -0.05) is 23.7 Å². The molecule has 0 radical (unpaired) electrons. The lowest BCUT2D eigenvalue weighted by Crippen LogP contribution is -2.43. The van der Waals surface area contributed by atoms with Gasteiger partial charge in [0, 0.05) is 24.5 Å². The molecule has 134 valence electrons. The minimum Gasteiger partial charge on any atom is -0.448 e. The third-order valence-corrected chi connectivity index (χ3v) is 4.55. The second kappa shape index (κ2) is 7.74. The summed E-state index contributed by atoms with van der Waals surface area (Å²) in [6.07, 6.45) is 0.527. The quantitative estimate of drug-likeness (QED) is 0.817. The third kappa shape index (κ3) is 4.63. The molecule has 25 heavy (non-hydrogen) atoms. The molecule has 2 aliphatic rings. The first kappa shape index (κ1) is 17.5. The first-order chi connectivity index (χ1) is 12.0. The first-order valence-corrected chi connectivity index (χ1v) is 8.62. The van der Waals surface area contributed by atoms with E-state index in [9.17, 15) is 14.4 Å². The maximum Gasteiger partial charge on any atom is 0.410 e. The van der Waals surface area contributed by atoms with Crippen molar-refractivity contribution in [1.29, 1.82) is 0 Å². The Bertz CT molecular complexity index is 682. The number of carbonyl (C=O) groups excluding carboxylic acids is 3. The first-order valence-electron chi connectivity index (χ1n) is 8.24. The lowest BCUT2D eigenvalue weighted by molar-refractivity contribution is -0.127. The molecule has 1 atom stereocenters. The Balaban J connectivity index is 1.45. The van der Waals surface area contributed by atoms with Crippen LogP contribution in [0.3, 0.4) is 0 Å². The summed E-state index contributed by atoms with van der Waals surface area (Å²) in [6, 6.07) is 7.33. The monoisotopic (exact) mass is 365 g/mol. The Kier molecular flexibility index (Phi) is 5.43. The predicted molar refractivity (Wildman–Crippen MR) is 91.2 cm³/mol. The van der Waals surface area contributed by atoms with E-state index in [0.717, 1.165) is 5.56 Å². The molecule has 2 saturated heterocycles. The summed E-state index contributed by atoms with van der Waals surface area (Å²) in [7, 11) is 0. The molecule has 2 heterocycles. The molecule has 1 N–H and O–H groups in total. The van der Waals surface area contributed by atoms with Gasteiger partial charge in [0.25, 0.3) is 0 Å². The summed E-state index contributed by atoms with van der Waals surface area (Å²) in [5.41, 5.74) is 1.07. The molecule has 0 bridgehead atoms. The number of rotatable bonds is 6. The number of likely N-dealkylation sites (tertiary alicyclic amines) is 1. The number of hydrogen-bond acceptors (Lipinski definition) is 4. The van der Waals surface area contributed by atoms with Crippen molar-refractivity contribution in [2.24, 2.45) is 0 Å². The van der Waals surface area contributed by atoms with Gasteiger partial charge in [-0.2, -0.15) is 0 Å². The molecule has 1 aromatic carbocycles. The van der Waals surface area contributed by atoms with Crippen molar-refractivity contribution in [3.8, 4) is 0 Å². The van der Waals surface area contributed by atoms with E-state index in [4.69, 9.17) is 16.3 Å². The number of nitrogens with one attached hydrogen (secondary N) is 1. The Hall–Kier alpha value is -2.28. The van der Waals surface area contributed by atoms with Crippen LogP contribution in [0.1, 0.15) is 12.0 Å². The second-order valence-electron chi connectivity index (χ2n) is 6.22. The Morgan fingerprint density at radius 2 is 2.16 bits per heavy atom. The van der Waals surface area contributed by atoms with Crippen LogP contribution in [0.4, 0.5) is 4.79 Å². The molecule has 0 spiro atoms. The van der Waals surface area contributed by atoms with Crippen molar-refractivity contribution < 1.29 is 19.1 Å². The predicted octanol–water partition coefficient (Wildman–Crippen LogP) is 1.05. The van der Waals surface area contributed by atoms with Crippen molar-refractivity contribution in [3.63, 3.8) is 0 Å². The van der Waals surface area contributed by atoms with Gasteiger partial charge < -0.3 is 15.0 Å². The molecule has 0 saturated carbocycles. The number of benzene rings is 1. The molecule has 8 heteroatoms. The van der Waals surface area contributed by atoms with Gasteiger partial charge in [-0.25, -0.2) is 4.79 Å². The maximum atomic E-state index is 12.1. The number of ether oxygens (including phenoxy) is 1. The molecular weight excluding hydrogens is 346 g/mol. The summed E-state index contributed by atoms with van der Waals surface area (Å²) < 4.78 is 4.79. The van der Waals surface area contributed by atoms with Crippen molar-refractivity contribution in [1.82, 2.24) is 15.1 Å². The number of hydrogen-bond donors (Lipinski definition) is 1. The average Bonchev–Trinajstić information content (AvgIpc) is 3.11. The summed E-state index contributed by atoms with van der Waals surface area (Å²) in [6.45, 7) is 1.76. The van der Waals surface area contributed by atoms with E-state index in [0.29, 0.717) is 37.7 Å². The lowest BCUT2D eigenvalue weighted by atomic mass is 10.1. The molecule has 0 aromatic heterocycles. The summed E-state index contributed by atoms with van der Waals surface area (Å²) >= 11 is 5.96. The van der Waals surface area contributed by atoms with Crippen molar-refractivity contribution in [2.75, 3.05) is 32.8 Å². The standard InChI is InChI=1S/C17H20ClN3O4/c18-13-3-1-2-12(8-13)4-5-20-10-14(9-16(20)23)19-15(22)11-21-6-7-25-17(21)24/h1-3,8,14H,4-7,9-11H2,(H,19,22)/t14-/m0/s1. The molecule has 3 amide bonds. The van der Waals surface area contributed by atoms with Gasteiger partial charge in [0.15, 0.2) is 0 Å². The maximum absolute atomic E-state index is 12.1. The Morgan fingerprint density at radius 3 is 2.88 bits per heavy atom. The van der Waals surface area contributed by atoms with Gasteiger partial charge in [-0.05, 0) is 24.1 Å². The van der Waals surface area contributed by atoms with E-state index in [-0.39, 0.29) is 30.8 Å². The van der Waals surface area contributed by atoms with Crippen LogP contribution in [-0.4, -0.2) is 66.5 Å². The fraction of sp³-hybridized carbons (Fsp3) is 0.471. The molecule has 2 aliphatic heterocycles. The highest BCUT2D eigenvalue weighted by atomic mass is 35.5. The number of halogens is 1. The Labute approximate surface area is 150 Å². The van der Waals surface area contributed by atoms with Crippen LogP contribution in [0.25, 0.3) is 0 Å². The van der Waals surface area contributed by atoms with Crippen molar-refractivity contribution in [3.05, 3.63) is 34.9 Å². The van der Waals surface area contributed by atoms with Crippen LogP contribution in [0.15, 0.2) is 24.3 Å². The topological polar surface area (TPSA) is 79.0 Å². The van der Waals surface area contributed by atoms with Crippen molar-refractivity contribution >= 4 is 29.5 Å². The molecule has 3 rings (SSSR count). The average molecular weight is 366 g/mol. The third-order valence-electron chi connectivity index (χ3n) is 4.32. The summed E-state index contributed by atoms with van der Waals surface area (Å²) in [5, 5.41) is 3.50. The highest BCUT2D eigenvalue weighted by Gasteiger charge is 2.31. The number of amides is 3. The smallest absolute Gasteiger partial charge is 0.410 e. The van der Waals surface area contributed by atoms with Gasteiger partial charge in [-0.3, -0.25) is 14.5 Å². The van der Waals surface area contributed by atoms with Crippen LogP contribution in [0.2, 0.25) is 5.02 Å². The van der Waals surface area contributed by atoms with Gasteiger partial charge in [0.05, 0.1) is 12.6 Å². The van der Waals surface area contributed by atoms with Crippen LogP contribution < -0.4 is 5.32 Å². The van der Waals surface area contributed by atoms with E-state index in [1.165, 1.54) is 4.90 Å². The van der Waals surface area contributed by atoms with Crippen LogP contribution in [0.5, 0.6) is 0 Å². The Morgan fingerprint density at radius 1 is 1.32 bits per heavy atom. The van der Waals surface area contributed by atoms with Gasteiger partial charge >= 0.3 is 6.09 Å². The van der Waals surface area contributed by atoms with E-state index in [1.807, 2.05) is 24.3 Å². The fourth-order valence-corrected chi connectivity index (χ4v) is 3.27. The molecule has 7 nitrogen and oxygen atoms in total. The zero-order valence-electron chi connectivity index (χ0n) is 13.7. The van der Waals surface area contributed by atoms with Crippen molar-refractivity contribution in [2.45, 2.75) is 18.9 Å². The number of nitrogens with zero attached hydrogens (tertiary/aromatic N) is 2. The highest BCUT2D eigenvalue weighted by molar-refractivity contribution is 6.30. The molecular formula is C17H20ClN3O4. The van der Waals surface area contributed by atoms with E-state index in [1.54, 1.807) is 4.90 Å².